The van der Waals surface area contributed by atoms with Crippen LogP contribution in [-0.4, -0.2) is 30.9 Å². The van der Waals surface area contributed by atoms with Gasteiger partial charge >= 0.3 is 0 Å². The van der Waals surface area contributed by atoms with E-state index in [0.29, 0.717) is 16.3 Å². The molecule has 1 amide bonds. The van der Waals surface area contributed by atoms with Gasteiger partial charge in [-0.2, -0.15) is 0 Å². The maximum Gasteiger partial charge on any atom is 0.255 e. The van der Waals surface area contributed by atoms with Gasteiger partial charge in [-0.15, -0.1) is 0 Å². The van der Waals surface area contributed by atoms with Crippen LogP contribution in [-0.2, 0) is 5.54 Å². The molecule has 0 saturated heterocycles. The van der Waals surface area contributed by atoms with Gasteiger partial charge in [-0.05, 0) is 82.1 Å². The first-order chi connectivity index (χ1) is 15.3. The van der Waals surface area contributed by atoms with Gasteiger partial charge in [0.05, 0.1) is 11.8 Å². The quantitative estimate of drug-likeness (QED) is 0.501. The molecule has 1 aliphatic carbocycles. The summed E-state index contributed by atoms with van der Waals surface area (Å²) in [6.07, 6.45) is 4.92. The number of halogens is 2. The Morgan fingerprint density at radius 1 is 1.16 bits per heavy atom. The monoisotopic (exact) mass is 454 g/mol. The van der Waals surface area contributed by atoms with Crippen LogP contribution in [0.1, 0.15) is 47.4 Å². The second-order valence-corrected chi connectivity index (χ2v) is 9.21. The minimum absolute atomic E-state index is 0.0523. The van der Waals surface area contributed by atoms with E-state index in [4.69, 9.17) is 16.0 Å². The minimum atomic E-state index is -0.233. The van der Waals surface area contributed by atoms with Crippen LogP contribution in [0, 0.1) is 12.7 Å². The summed E-state index contributed by atoms with van der Waals surface area (Å²) < 4.78 is 19.5. The van der Waals surface area contributed by atoms with Crippen LogP contribution < -0.4 is 5.32 Å². The van der Waals surface area contributed by atoms with Gasteiger partial charge in [-0.3, -0.25) is 9.69 Å². The van der Waals surface area contributed by atoms with E-state index in [-0.39, 0.29) is 23.3 Å². The summed E-state index contributed by atoms with van der Waals surface area (Å²) in [4.78, 5) is 15.4. The molecule has 1 N–H and O–H groups in total. The third-order valence-corrected chi connectivity index (χ3v) is 6.98. The maximum absolute atomic E-state index is 13.9. The van der Waals surface area contributed by atoms with E-state index < -0.39 is 0 Å². The van der Waals surface area contributed by atoms with Crippen molar-refractivity contribution in [1.82, 2.24) is 10.2 Å². The van der Waals surface area contributed by atoms with Crippen molar-refractivity contribution < 1.29 is 13.6 Å². The molecule has 4 nitrogen and oxygen atoms in total. The second-order valence-electron chi connectivity index (χ2n) is 8.77. The molecule has 1 heterocycles. The molecule has 32 heavy (non-hydrogen) atoms. The first kappa shape index (κ1) is 22.6. The molecule has 3 aromatic rings. The highest BCUT2D eigenvalue weighted by Crippen LogP contribution is 2.41. The fourth-order valence-electron chi connectivity index (χ4n) is 4.85. The van der Waals surface area contributed by atoms with E-state index in [1.54, 1.807) is 37.5 Å². The molecule has 0 atom stereocenters. The Balaban J connectivity index is 1.50. The molecule has 1 fully saturated rings. The number of amides is 1. The van der Waals surface area contributed by atoms with Crippen LogP contribution >= 0.6 is 11.6 Å². The van der Waals surface area contributed by atoms with Gasteiger partial charge < -0.3 is 9.73 Å². The lowest BCUT2D eigenvalue weighted by Crippen LogP contribution is -2.48. The van der Waals surface area contributed by atoms with Crippen LogP contribution in [0.3, 0.4) is 0 Å². The van der Waals surface area contributed by atoms with Gasteiger partial charge in [0, 0.05) is 22.2 Å². The molecule has 6 heteroatoms. The lowest BCUT2D eigenvalue weighted by Gasteiger charge is -2.45. The SMILES string of the molecule is Cc1occ(-c2ccc(Cl)cc2)c1C(=O)NC1CCC(c2cccc(F)c2)(N(C)C)CC1. The molecule has 168 valence electrons. The van der Waals surface area contributed by atoms with Gasteiger partial charge in [0.2, 0.25) is 0 Å². The molecule has 0 spiro atoms. The van der Waals surface area contributed by atoms with E-state index in [2.05, 4.69) is 10.2 Å². The normalized spacial score (nSPS) is 21.0. The second kappa shape index (κ2) is 9.08. The minimum Gasteiger partial charge on any atom is -0.468 e. The first-order valence-electron chi connectivity index (χ1n) is 10.9. The third kappa shape index (κ3) is 4.32. The maximum atomic E-state index is 13.9. The predicted molar refractivity (Wildman–Crippen MR) is 125 cm³/mol. The zero-order valence-corrected chi connectivity index (χ0v) is 19.4. The number of nitrogens with one attached hydrogen (secondary N) is 1. The summed E-state index contributed by atoms with van der Waals surface area (Å²) in [6, 6.07) is 14.3. The number of rotatable bonds is 5. The number of benzene rings is 2. The molecule has 1 aromatic heterocycles. The van der Waals surface area contributed by atoms with Crippen molar-refractivity contribution in [3.05, 3.63) is 82.5 Å². The zero-order chi connectivity index (χ0) is 22.9. The standard InChI is InChI=1S/C26H28ClFN2O2/c1-17-24(23(16-32-17)18-7-9-20(27)10-8-18)25(31)29-22-11-13-26(14-12-22,30(2)3)19-5-4-6-21(28)15-19/h4-10,15-16,22H,11-14H2,1-3H3,(H,29,31). The number of carbonyl (C=O) groups excluding carboxylic acids is 1. The molecule has 0 aliphatic heterocycles. The fraction of sp³-hybridized carbons (Fsp3) is 0.346. The molecule has 1 saturated carbocycles. The van der Waals surface area contributed by atoms with Gasteiger partial charge in [-0.1, -0.05) is 35.9 Å². The Hall–Kier alpha value is -2.63. The van der Waals surface area contributed by atoms with E-state index in [1.807, 2.05) is 32.3 Å². The topological polar surface area (TPSA) is 45.5 Å². The van der Waals surface area contributed by atoms with Crippen LogP contribution in [0.4, 0.5) is 4.39 Å². The molecular formula is C26H28ClFN2O2. The molecular weight excluding hydrogens is 427 g/mol. The zero-order valence-electron chi connectivity index (χ0n) is 18.6. The van der Waals surface area contributed by atoms with Gasteiger partial charge in [0.25, 0.3) is 5.91 Å². The number of hydrogen-bond donors (Lipinski definition) is 1. The van der Waals surface area contributed by atoms with E-state index >= 15 is 0 Å². The van der Waals surface area contributed by atoms with Crippen molar-refractivity contribution in [1.29, 1.82) is 0 Å². The van der Waals surface area contributed by atoms with Gasteiger partial charge in [-0.25, -0.2) is 4.39 Å². The van der Waals surface area contributed by atoms with Crippen molar-refractivity contribution in [2.24, 2.45) is 0 Å². The summed E-state index contributed by atoms with van der Waals surface area (Å²) in [7, 11) is 4.08. The summed E-state index contributed by atoms with van der Waals surface area (Å²) in [5.41, 5.74) is 2.96. The van der Waals surface area contributed by atoms with Crippen LogP contribution in [0.2, 0.25) is 5.02 Å². The smallest absolute Gasteiger partial charge is 0.255 e. The Bertz CT molecular complexity index is 1100. The fourth-order valence-corrected chi connectivity index (χ4v) is 4.97. The molecule has 1 aliphatic rings. The first-order valence-corrected chi connectivity index (χ1v) is 11.3. The van der Waals surface area contributed by atoms with E-state index in [9.17, 15) is 9.18 Å². The number of hydrogen-bond acceptors (Lipinski definition) is 3. The summed E-state index contributed by atoms with van der Waals surface area (Å²) in [6.45, 7) is 1.80. The number of aryl methyl sites for hydroxylation is 1. The van der Waals surface area contributed by atoms with Crippen molar-refractivity contribution in [3.8, 4) is 11.1 Å². The largest absolute Gasteiger partial charge is 0.468 e. The molecule has 0 unspecified atom stereocenters. The molecule has 4 rings (SSSR count). The van der Waals surface area contributed by atoms with Crippen molar-refractivity contribution in [2.75, 3.05) is 14.1 Å². The average Bonchev–Trinajstić information content (AvgIpc) is 3.16. The highest BCUT2D eigenvalue weighted by Gasteiger charge is 2.39. The molecule has 2 aromatic carbocycles. The van der Waals surface area contributed by atoms with Crippen molar-refractivity contribution in [3.63, 3.8) is 0 Å². The summed E-state index contributed by atoms with van der Waals surface area (Å²) in [5.74, 6) is 0.240. The van der Waals surface area contributed by atoms with E-state index in [0.717, 1.165) is 42.4 Å². The van der Waals surface area contributed by atoms with Crippen LogP contribution in [0.25, 0.3) is 11.1 Å². The Morgan fingerprint density at radius 2 is 1.84 bits per heavy atom. The molecule has 0 bridgehead atoms. The summed E-state index contributed by atoms with van der Waals surface area (Å²) in [5, 5.41) is 3.85. The lowest BCUT2D eigenvalue weighted by atomic mass is 9.74. The van der Waals surface area contributed by atoms with Crippen LogP contribution in [0.5, 0.6) is 0 Å². The highest BCUT2D eigenvalue weighted by molar-refractivity contribution is 6.30. The Morgan fingerprint density at radius 3 is 2.47 bits per heavy atom. The average molecular weight is 455 g/mol. The Labute approximate surface area is 193 Å². The predicted octanol–water partition coefficient (Wildman–Crippen LogP) is 6.18. The number of carbonyl (C=O) groups is 1. The number of nitrogens with zero attached hydrogens (tertiary/aromatic N) is 1. The lowest BCUT2D eigenvalue weighted by molar-refractivity contribution is 0.0756. The van der Waals surface area contributed by atoms with Crippen LogP contribution in [0.15, 0.2) is 59.2 Å². The summed E-state index contributed by atoms with van der Waals surface area (Å²) >= 11 is 6.01. The van der Waals surface area contributed by atoms with Crippen molar-refractivity contribution >= 4 is 17.5 Å². The molecule has 0 radical (unpaired) electrons. The third-order valence-electron chi connectivity index (χ3n) is 6.72. The van der Waals surface area contributed by atoms with Crippen molar-refractivity contribution in [2.45, 2.75) is 44.2 Å². The Kier molecular flexibility index (Phi) is 6.40. The van der Waals surface area contributed by atoms with E-state index in [1.165, 1.54) is 6.07 Å². The van der Waals surface area contributed by atoms with Gasteiger partial charge in [0.1, 0.15) is 11.6 Å². The highest BCUT2D eigenvalue weighted by atomic mass is 35.5. The number of furan rings is 1. The van der Waals surface area contributed by atoms with Gasteiger partial charge in [0.15, 0.2) is 0 Å².